The highest BCUT2D eigenvalue weighted by Gasteiger charge is 2.45. The van der Waals surface area contributed by atoms with Gasteiger partial charge in [-0.3, -0.25) is 0 Å². The molecule has 1 saturated heterocycles. The first kappa shape index (κ1) is 14.0. The molecule has 2 heterocycles. The van der Waals surface area contributed by atoms with E-state index in [1.165, 1.54) is 0 Å². The Kier molecular flexibility index (Phi) is 3.20. The van der Waals surface area contributed by atoms with E-state index < -0.39 is 0 Å². The van der Waals surface area contributed by atoms with Crippen LogP contribution in [0.3, 0.4) is 0 Å². The first-order chi connectivity index (χ1) is 9.86. The fourth-order valence-corrected chi connectivity index (χ4v) is 3.02. The topological polar surface area (TPSA) is 75.7 Å². The van der Waals surface area contributed by atoms with Crippen molar-refractivity contribution >= 4 is 5.69 Å². The summed E-state index contributed by atoms with van der Waals surface area (Å²) in [6, 6.07) is 8.29. The molecule has 2 aromatic rings. The number of ether oxygens (including phenoxy) is 1. The molecule has 1 aliphatic heterocycles. The van der Waals surface area contributed by atoms with Crippen molar-refractivity contribution in [3.05, 3.63) is 24.3 Å². The normalized spacial score (nSPS) is 23.1. The number of anilines is 1. The van der Waals surface area contributed by atoms with Gasteiger partial charge in [0.1, 0.15) is 0 Å². The van der Waals surface area contributed by atoms with Gasteiger partial charge in [0.25, 0.3) is 0 Å². The van der Waals surface area contributed by atoms with Crippen LogP contribution in [0.5, 0.6) is 0 Å². The standard InChI is InChI=1S/C15H21N5O/c1-14(2)9-12(15(3,4)21-14)16-11-7-5-6-10(8-11)13-17-19-20-18-13/h5-8,12,16H,9H2,1-4H3,(H,17,18,19,20). The highest BCUT2D eigenvalue weighted by Crippen LogP contribution is 2.39. The molecule has 0 spiro atoms. The average Bonchev–Trinajstić information content (AvgIpc) is 2.96. The van der Waals surface area contributed by atoms with Gasteiger partial charge in [-0.2, -0.15) is 5.21 Å². The van der Waals surface area contributed by atoms with E-state index in [2.05, 4.69) is 53.6 Å². The lowest BCUT2D eigenvalue weighted by atomic mass is 9.94. The largest absolute Gasteiger partial charge is 0.379 e. The van der Waals surface area contributed by atoms with Gasteiger partial charge in [-0.1, -0.05) is 12.1 Å². The Hall–Kier alpha value is -1.95. The quantitative estimate of drug-likeness (QED) is 0.907. The summed E-state index contributed by atoms with van der Waals surface area (Å²) in [5.74, 6) is 0.598. The monoisotopic (exact) mass is 287 g/mol. The van der Waals surface area contributed by atoms with Crippen molar-refractivity contribution in [1.29, 1.82) is 0 Å². The van der Waals surface area contributed by atoms with Gasteiger partial charge < -0.3 is 10.1 Å². The molecule has 1 unspecified atom stereocenters. The molecular weight excluding hydrogens is 266 g/mol. The Balaban J connectivity index is 1.81. The van der Waals surface area contributed by atoms with Crippen LogP contribution in [0.4, 0.5) is 5.69 Å². The van der Waals surface area contributed by atoms with Gasteiger partial charge in [-0.05, 0) is 51.5 Å². The van der Waals surface area contributed by atoms with Crippen LogP contribution in [0.2, 0.25) is 0 Å². The van der Waals surface area contributed by atoms with Crippen molar-refractivity contribution in [1.82, 2.24) is 20.6 Å². The fourth-order valence-electron chi connectivity index (χ4n) is 3.02. The minimum atomic E-state index is -0.203. The molecule has 1 fully saturated rings. The lowest BCUT2D eigenvalue weighted by Crippen LogP contribution is -2.38. The predicted molar refractivity (Wildman–Crippen MR) is 80.9 cm³/mol. The molecule has 2 N–H and O–H groups in total. The Labute approximate surface area is 124 Å². The highest BCUT2D eigenvalue weighted by atomic mass is 16.5. The number of rotatable bonds is 3. The molecule has 3 rings (SSSR count). The van der Waals surface area contributed by atoms with Gasteiger partial charge in [0.2, 0.25) is 5.82 Å². The molecule has 1 aromatic carbocycles. The second-order valence-corrected chi connectivity index (χ2v) is 6.68. The Morgan fingerprint density at radius 2 is 2.10 bits per heavy atom. The predicted octanol–water partition coefficient (Wildman–Crippen LogP) is 2.62. The SMILES string of the molecule is CC1(C)CC(Nc2cccc(-c3nn[nH]n3)c2)C(C)(C)O1. The summed E-state index contributed by atoms with van der Waals surface area (Å²) in [6.45, 7) is 8.52. The molecule has 6 nitrogen and oxygen atoms in total. The summed E-state index contributed by atoms with van der Waals surface area (Å²) in [6.07, 6.45) is 0.965. The van der Waals surface area contributed by atoms with E-state index in [1.54, 1.807) is 0 Å². The number of hydrogen-bond acceptors (Lipinski definition) is 5. The first-order valence-corrected chi connectivity index (χ1v) is 7.16. The van der Waals surface area contributed by atoms with Crippen molar-refractivity contribution in [2.45, 2.75) is 51.4 Å². The van der Waals surface area contributed by atoms with E-state index >= 15 is 0 Å². The van der Waals surface area contributed by atoms with Crippen LogP contribution in [0.15, 0.2) is 24.3 Å². The van der Waals surface area contributed by atoms with Crippen LogP contribution in [0, 0.1) is 0 Å². The van der Waals surface area contributed by atoms with E-state index in [9.17, 15) is 0 Å². The van der Waals surface area contributed by atoms with Crippen molar-refractivity contribution in [3.63, 3.8) is 0 Å². The maximum atomic E-state index is 6.12. The Morgan fingerprint density at radius 1 is 1.29 bits per heavy atom. The molecule has 1 aliphatic rings. The zero-order chi connectivity index (χ0) is 15.1. The van der Waals surface area contributed by atoms with E-state index in [4.69, 9.17) is 4.74 Å². The molecule has 0 radical (unpaired) electrons. The number of nitrogens with one attached hydrogen (secondary N) is 2. The third kappa shape index (κ3) is 2.90. The lowest BCUT2D eigenvalue weighted by molar-refractivity contribution is -0.0662. The van der Waals surface area contributed by atoms with Crippen LogP contribution >= 0.6 is 0 Å². The summed E-state index contributed by atoms with van der Waals surface area (Å²) in [7, 11) is 0. The van der Waals surface area contributed by atoms with Crippen LogP contribution in [0.1, 0.15) is 34.1 Å². The number of benzene rings is 1. The van der Waals surface area contributed by atoms with Gasteiger partial charge in [0.15, 0.2) is 0 Å². The summed E-state index contributed by atoms with van der Waals surface area (Å²) in [4.78, 5) is 0. The minimum Gasteiger partial charge on any atom is -0.379 e. The molecule has 21 heavy (non-hydrogen) atoms. The van der Waals surface area contributed by atoms with Crippen molar-refractivity contribution < 1.29 is 4.74 Å². The number of aromatic nitrogens is 4. The van der Waals surface area contributed by atoms with Gasteiger partial charge >= 0.3 is 0 Å². The third-order valence-corrected chi connectivity index (χ3v) is 3.88. The van der Waals surface area contributed by atoms with E-state index in [0.29, 0.717) is 5.82 Å². The molecule has 112 valence electrons. The maximum Gasteiger partial charge on any atom is 0.204 e. The summed E-state index contributed by atoms with van der Waals surface area (Å²) in [5.41, 5.74) is 1.67. The number of nitrogens with zero attached hydrogens (tertiary/aromatic N) is 3. The van der Waals surface area contributed by atoms with Crippen LogP contribution in [-0.4, -0.2) is 37.9 Å². The maximum absolute atomic E-state index is 6.12. The molecule has 6 heteroatoms. The first-order valence-electron chi connectivity index (χ1n) is 7.16. The van der Waals surface area contributed by atoms with Crippen LogP contribution < -0.4 is 5.32 Å². The summed E-state index contributed by atoms with van der Waals surface area (Å²) >= 11 is 0. The molecule has 0 bridgehead atoms. The summed E-state index contributed by atoms with van der Waals surface area (Å²) < 4.78 is 6.12. The number of aromatic amines is 1. The van der Waals surface area contributed by atoms with Crippen molar-refractivity contribution in [3.8, 4) is 11.4 Å². The molecule has 1 aromatic heterocycles. The zero-order valence-electron chi connectivity index (χ0n) is 12.8. The zero-order valence-corrected chi connectivity index (χ0v) is 12.8. The van der Waals surface area contributed by atoms with Gasteiger partial charge in [-0.25, -0.2) is 0 Å². The lowest BCUT2D eigenvalue weighted by Gasteiger charge is -2.28. The molecule has 0 aliphatic carbocycles. The molecule has 1 atom stereocenters. The second-order valence-electron chi connectivity index (χ2n) is 6.68. The molecule has 0 saturated carbocycles. The number of tetrazole rings is 1. The second kappa shape index (κ2) is 4.80. The van der Waals surface area contributed by atoms with Crippen molar-refractivity contribution in [2.24, 2.45) is 0 Å². The van der Waals surface area contributed by atoms with E-state index in [1.807, 2.05) is 24.3 Å². The number of H-pyrrole nitrogens is 1. The highest BCUT2D eigenvalue weighted by molar-refractivity contribution is 5.62. The van der Waals surface area contributed by atoms with E-state index in [0.717, 1.165) is 17.7 Å². The average molecular weight is 287 g/mol. The fraction of sp³-hybridized carbons (Fsp3) is 0.533. The van der Waals surface area contributed by atoms with Gasteiger partial charge in [0.05, 0.1) is 17.2 Å². The minimum absolute atomic E-state index is 0.105. The summed E-state index contributed by atoms with van der Waals surface area (Å²) in [5, 5.41) is 17.7. The number of hydrogen-bond donors (Lipinski definition) is 2. The van der Waals surface area contributed by atoms with Gasteiger partial charge in [0, 0.05) is 11.3 Å². The smallest absolute Gasteiger partial charge is 0.204 e. The third-order valence-electron chi connectivity index (χ3n) is 3.88. The van der Waals surface area contributed by atoms with Crippen molar-refractivity contribution in [2.75, 3.05) is 5.32 Å². The van der Waals surface area contributed by atoms with E-state index in [-0.39, 0.29) is 17.2 Å². The Bertz CT molecular complexity index is 621. The Morgan fingerprint density at radius 3 is 2.71 bits per heavy atom. The van der Waals surface area contributed by atoms with Gasteiger partial charge in [-0.15, -0.1) is 10.2 Å². The van der Waals surface area contributed by atoms with Crippen LogP contribution in [0.25, 0.3) is 11.4 Å². The van der Waals surface area contributed by atoms with Crippen LogP contribution in [-0.2, 0) is 4.74 Å². The molecule has 0 amide bonds. The molecular formula is C15H21N5O.